The molecule has 0 saturated heterocycles. The van der Waals surface area contributed by atoms with Gasteiger partial charge in [0.05, 0.1) is 34.2 Å². The Morgan fingerprint density at radius 2 is 0.838 bits per heavy atom. The molecule has 5 aromatic rings. The van der Waals surface area contributed by atoms with Crippen LogP contribution in [0.1, 0.15) is 22.8 Å². The number of hydrogen-bond donors (Lipinski definition) is 2. The quantitative estimate of drug-likeness (QED) is 0.251. The van der Waals surface area contributed by atoms with Gasteiger partial charge in [-0.05, 0) is 97.1 Å². The van der Waals surface area contributed by atoms with Crippen molar-refractivity contribution in [2.45, 2.75) is 0 Å². The molecule has 1 radical (unpaired) electrons. The van der Waals surface area contributed by atoms with Crippen LogP contribution in [0.4, 0.5) is 0 Å². The molecular formula is C30H22N6V. The van der Waals surface area contributed by atoms with E-state index in [4.69, 9.17) is 0 Å². The molecule has 0 fully saturated rings. The van der Waals surface area contributed by atoms with Gasteiger partial charge in [-0.1, -0.05) is 12.1 Å². The van der Waals surface area contributed by atoms with Crippen molar-refractivity contribution in [3.05, 3.63) is 120 Å². The molecule has 5 aromatic heterocycles. The van der Waals surface area contributed by atoms with E-state index in [1.165, 1.54) is 0 Å². The van der Waals surface area contributed by atoms with Crippen molar-refractivity contribution in [1.29, 1.82) is 0 Å². The molecule has 7 heterocycles. The summed E-state index contributed by atoms with van der Waals surface area (Å²) in [5.74, 6) is 0. The smallest absolute Gasteiger partial charge is 0.0886 e. The summed E-state index contributed by atoms with van der Waals surface area (Å²) in [4.78, 5) is 24.4. The molecule has 0 saturated carbocycles. The molecule has 2 N–H and O–H groups in total. The van der Waals surface area contributed by atoms with Gasteiger partial charge < -0.3 is 9.97 Å². The first-order valence-corrected chi connectivity index (χ1v) is 11.6. The summed E-state index contributed by atoms with van der Waals surface area (Å²) in [7, 11) is 0. The van der Waals surface area contributed by atoms with Gasteiger partial charge in [-0.15, -0.1) is 0 Å². The minimum absolute atomic E-state index is 0. The van der Waals surface area contributed by atoms with Crippen molar-refractivity contribution in [3.63, 3.8) is 0 Å². The fourth-order valence-electron chi connectivity index (χ4n) is 3.97. The van der Waals surface area contributed by atoms with Crippen LogP contribution in [0.2, 0.25) is 0 Å². The van der Waals surface area contributed by atoms with E-state index in [1.54, 1.807) is 12.4 Å². The first-order chi connectivity index (χ1) is 17.8. The second-order valence-corrected chi connectivity index (χ2v) is 8.34. The molecule has 0 spiro atoms. The summed E-state index contributed by atoms with van der Waals surface area (Å²) in [5, 5.41) is 0. The number of H-pyrrole nitrogens is 2. The molecule has 2 aliphatic heterocycles. The number of fused-ring (bicyclic) bond motifs is 8. The number of hydrogen-bond acceptors (Lipinski definition) is 4. The summed E-state index contributed by atoms with van der Waals surface area (Å²) in [5.41, 5.74) is 9.69. The van der Waals surface area contributed by atoms with Crippen molar-refractivity contribution in [1.82, 2.24) is 29.9 Å². The minimum atomic E-state index is 0. The van der Waals surface area contributed by atoms with Gasteiger partial charge in [-0.3, -0.25) is 9.97 Å². The van der Waals surface area contributed by atoms with E-state index in [-0.39, 0.29) is 18.6 Å². The number of aromatic amines is 2. The van der Waals surface area contributed by atoms with Gasteiger partial charge in [0.2, 0.25) is 0 Å². The monoisotopic (exact) mass is 517 g/mol. The zero-order valence-corrected chi connectivity index (χ0v) is 21.2. The Morgan fingerprint density at radius 3 is 1.24 bits per heavy atom. The van der Waals surface area contributed by atoms with Crippen molar-refractivity contribution >= 4 is 46.4 Å². The zero-order valence-electron chi connectivity index (χ0n) is 19.8. The van der Waals surface area contributed by atoms with Gasteiger partial charge in [0.25, 0.3) is 0 Å². The summed E-state index contributed by atoms with van der Waals surface area (Å²) in [6.45, 7) is 0. The molecule has 2 aliphatic rings. The number of nitrogens with one attached hydrogen (secondary N) is 2. The summed E-state index contributed by atoms with van der Waals surface area (Å²) >= 11 is 0. The number of nitrogens with zero attached hydrogens (tertiary/aromatic N) is 4. The standard InChI is InChI=1S/C20H14N4.C10H8N2.V/c1-2-14-10-16-5-6-18(23-16)12-20-8-7-19(24-20)11-17-4-3-15(22-17)9-13(1)21-14;1-3-7-11-9(5-1)10-6-2-4-8-12-10;/h1-12,21-22H;1-8H;. The van der Waals surface area contributed by atoms with Crippen LogP contribution in [0.25, 0.3) is 57.8 Å². The Bertz CT molecular complexity index is 1610. The van der Waals surface area contributed by atoms with Gasteiger partial charge in [0.15, 0.2) is 0 Å². The average molecular weight is 517 g/mol. The molecule has 37 heavy (non-hydrogen) atoms. The summed E-state index contributed by atoms with van der Waals surface area (Å²) in [6, 6.07) is 28.0. The van der Waals surface area contributed by atoms with Crippen LogP contribution in [0.3, 0.4) is 0 Å². The molecular weight excluding hydrogens is 495 g/mol. The Kier molecular flexibility index (Phi) is 7.22. The Labute approximate surface area is 225 Å². The summed E-state index contributed by atoms with van der Waals surface area (Å²) < 4.78 is 0. The Hall–Kier alpha value is -4.52. The second kappa shape index (κ2) is 11.0. The van der Waals surface area contributed by atoms with Crippen LogP contribution >= 0.6 is 0 Å². The molecule has 8 bridgehead atoms. The molecule has 7 rings (SSSR count). The third kappa shape index (κ3) is 6.01. The van der Waals surface area contributed by atoms with Crippen molar-refractivity contribution in [2.75, 3.05) is 0 Å². The molecule has 177 valence electrons. The fourth-order valence-corrected chi connectivity index (χ4v) is 3.97. The fraction of sp³-hybridized carbons (Fsp3) is 0. The van der Waals surface area contributed by atoms with Gasteiger partial charge >= 0.3 is 0 Å². The maximum atomic E-state index is 4.62. The number of pyridine rings is 2. The number of rotatable bonds is 1. The maximum Gasteiger partial charge on any atom is 0.0886 e. The molecule has 0 atom stereocenters. The van der Waals surface area contributed by atoms with Crippen LogP contribution in [0, 0.1) is 0 Å². The van der Waals surface area contributed by atoms with Crippen molar-refractivity contribution in [2.24, 2.45) is 0 Å². The minimum Gasteiger partial charge on any atom is -0.355 e. The largest absolute Gasteiger partial charge is 0.355 e. The SMILES string of the molecule is C1=Cc2cc3ccc(cc4ccc(cc5nc(cc1n2)C=C5)[nH]4)[nH]3.[V].c1ccc(-c2ccccn2)nc1. The van der Waals surface area contributed by atoms with Crippen molar-refractivity contribution in [3.8, 4) is 11.4 Å². The summed E-state index contributed by atoms with van der Waals surface area (Å²) in [6.07, 6.45) is 11.6. The van der Waals surface area contributed by atoms with Crippen molar-refractivity contribution < 1.29 is 18.6 Å². The van der Waals surface area contributed by atoms with Crippen LogP contribution in [-0.2, 0) is 18.6 Å². The van der Waals surface area contributed by atoms with Gasteiger partial charge in [-0.2, -0.15) is 0 Å². The van der Waals surface area contributed by atoms with Crippen LogP contribution < -0.4 is 0 Å². The predicted octanol–water partition coefficient (Wildman–Crippen LogP) is 6.80. The van der Waals surface area contributed by atoms with Crippen LogP contribution in [0.15, 0.2) is 97.3 Å². The molecule has 0 unspecified atom stereocenters. The maximum absolute atomic E-state index is 4.62. The molecule has 0 aliphatic carbocycles. The average Bonchev–Trinajstić information content (AvgIpc) is 3.72. The predicted molar refractivity (Wildman–Crippen MR) is 146 cm³/mol. The van der Waals surface area contributed by atoms with Gasteiger partial charge in [0.1, 0.15) is 0 Å². The normalized spacial score (nSPS) is 11.4. The van der Waals surface area contributed by atoms with Gasteiger partial charge in [-0.25, -0.2) is 9.97 Å². The van der Waals surface area contributed by atoms with E-state index >= 15 is 0 Å². The van der Waals surface area contributed by atoms with E-state index in [2.05, 4.69) is 60.2 Å². The van der Waals surface area contributed by atoms with Crippen LogP contribution in [0.5, 0.6) is 0 Å². The molecule has 7 heteroatoms. The first-order valence-electron chi connectivity index (χ1n) is 11.6. The molecule has 0 aromatic carbocycles. The van der Waals surface area contributed by atoms with E-state index < -0.39 is 0 Å². The first kappa shape index (κ1) is 24.2. The van der Waals surface area contributed by atoms with E-state index in [1.807, 2.05) is 78.9 Å². The Morgan fingerprint density at radius 1 is 0.432 bits per heavy atom. The topological polar surface area (TPSA) is 83.1 Å². The van der Waals surface area contributed by atoms with E-state index in [0.717, 1.165) is 56.2 Å². The molecule has 0 amide bonds. The van der Waals surface area contributed by atoms with E-state index in [0.29, 0.717) is 0 Å². The Balaban J connectivity index is 0.000000183. The van der Waals surface area contributed by atoms with E-state index in [9.17, 15) is 0 Å². The zero-order chi connectivity index (χ0) is 24.2. The third-order valence-electron chi connectivity index (χ3n) is 5.63. The van der Waals surface area contributed by atoms with Gasteiger partial charge in [0, 0.05) is 53.0 Å². The second-order valence-electron chi connectivity index (χ2n) is 8.34. The third-order valence-corrected chi connectivity index (χ3v) is 5.63. The number of aromatic nitrogens is 6. The van der Waals surface area contributed by atoms with Crippen LogP contribution in [-0.4, -0.2) is 29.9 Å². The molecule has 6 nitrogen and oxygen atoms in total.